The van der Waals surface area contributed by atoms with Crippen LogP contribution in [0, 0.1) is 0 Å². The van der Waals surface area contributed by atoms with Crippen molar-refractivity contribution in [3.8, 4) is 0 Å². The quantitative estimate of drug-likeness (QED) is 0.584. The van der Waals surface area contributed by atoms with Crippen molar-refractivity contribution in [3.63, 3.8) is 0 Å². The third-order valence-electron chi connectivity index (χ3n) is 4.47. The first kappa shape index (κ1) is 24.2. The van der Waals surface area contributed by atoms with Crippen LogP contribution in [0.5, 0.6) is 0 Å². The summed E-state index contributed by atoms with van der Waals surface area (Å²) in [6.45, 7) is 1.29. The summed E-state index contributed by atoms with van der Waals surface area (Å²) in [7, 11) is -2.26. The number of likely N-dealkylation sites (N-methyl/N-ethyl adjacent to an activating group) is 1. The monoisotopic (exact) mass is 515 g/mol. The molecule has 0 fully saturated rings. The van der Waals surface area contributed by atoms with Crippen LogP contribution in [-0.4, -0.2) is 51.0 Å². The fourth-order valence-electron chi connectivity index (χ4n) is 2.80. The molecule has 30 heavy (non-hydrogen) atoms. The molecule has 7 nitrogen and oxygen atoms in total. The number of carbonyl (C=O) groups excluding carboxylic acids is 2. The molecule has 1 N–H and O–H groups in total. The van der Waals surface area contributed by atoms with E-state index in [-0.39, 0.29) is 12.5 Å². The highest BCUT2D eigenvalue weighted by Gasteiger charge is 2.29. The van der Waals surface area contributed by atoms with E-state index in [4.69, 9.17) is 11.6 Å². The standard InChI is InChI=1S/C20H23BrClN3O4S/c1-14(20(27)23-2)24(12-15-4-8-17(22)9-5-15)19(26)13-25(30(3,28)29)18-10-6-16(21)7-11-18/h4-11,14H,12-13H2,1-3H3,(H,23,27)/t14-/m1/s1. The molecule has 0 saturated carbocycles. The SMILES string of the molecule is CNC(=O)[C@@H](C)N(Cc1ccc(Cl)cc1)C(=O)CN(c1ccc(Br)cc1)S(C)(=O)=O. The maximum absolute atomic E-state index is 13.2. The Morgan fingerprint density at radius 1 is 1.10 bits per heavy atom. The number of amides is 2. The molecule has 0 aromatic heterocycles. The predicted octanol–water partition coefficient (Wildman–Crippen LogP) is 3.03. The van der Waals surface area contributed by atoms with E-state index in [9.17, 15) is 18.0 Å². The molecule has 2 aromatic rings. The Kier molecular flexibility index (Phi) is 8.28. The average molecular weight is 517 g/mol. The highest BCUT2D eigenvalue weighted by molar-refractivity contribution is 9.10. The highest BCUT2D eigenvalue weighted by Crippen LogP contribution is 2.22. The summed E-state index contributed by atoms with van der Waals surface area (Å²) in [5.41, 5.74) is 1.12. The van der Waals surface area contributed by atoms with Crippen LogP contribution in [0.3, 0.4) is 0 Å². The molecule has 2 rings (SSSR count). The van der Waals surface area contributed by atoms with Gasteiger partial charge in [0, 0.05) is 23.1 Å². The van der Waals surface area contributed by atoms with Gasteiger partial charge in [0.25, 0.3) is 0 Å². The molecule has 10 heteroatoms. The van der Waals surface area contributed by atoms with Crippen LogP contribution in [0.2, 0.25) is 5.02 Å². The van der Waals surface area contributed by atoms with Crippen LogP contribution in [0.25, 0.3) is 0 Å². The maximum atomic E-state index is 13.2. The minimum Gasteiger partial charge on any atom is -0.357 e. The van der Waals surface area contributed by atoms with Gasteiger partial charge < -0.3 is 10.2 Å². The molecule has 0 bridgehead atoms. The molecule has 162 valence electrons. The van der Waals surface area contributed by atoms with E-state index < -0.39 is 28.5 Å². The Morgan fingerprint density at radius 3 is 2.17 bits per heavy atom. The number of halogens is 2. The molecular formula is C20H23BrClN3O4S. The Balaban J connectivity index is 2.35. The van der Waals surface area contributed by atoms with E-state index in [1.54, 1.807) is 55.5 Å². The van der Waals surface area contributed by atoms with Gasteiger partial charge in [-0.25, -0.2) is 8.42 Å². The molecule has 0 aliphatic heterocycles. The van der Waals surface area contributed by atoms with Crippen molar-refractivity contribution in [2.75, 3.05) is 24.2 Å². The lowest BCUT2D eigenvalue weighted by Crippen LogP contribution is -2.50. The smallest absolute Gasteiger partial charge is 0.244 e. The Labute approximate surface area is 190 Å². The minimum absolute atomic E-state index is 0.128. The fourth-order valence-corrected chi connectivity index (χ4v) is 4.04. The highest BCUT2D eigenvalue weighted by atomic mass is 79.9. The molecule has 0 radical (unpaired) electrons. The van der Waals surface area contributed by atoms with Gasteiger partial charge in [-0.2, -0.15) is 0 Å². The summed E-state index contributed by atoms with van der Waals surface area (Å²) in [5, 5.41) is 3.08. The number of anilines is 1. The minimum atomic E-state index is -3.74. The number of nitrogens with zero attached hydrogens (tertiary/aromatic N) is 2. The van der Waals surface area contributed by atoms with E-state index >= 15 is 0 Å². The zero-order chi connectivity index (χ0) is 22.5. The first-order valence-electron chi connectivity index (χ1n) is 9.01. The topological polar surface area (TPSA) is 86.8 Å². The van der Waals surface area contributed by atoms with Crippen molar-refractivity contribution >= 4 is 55.1 Å². The normalized spacial score (nSPS) is 12.2. The van der Waals surface area contributed by atoms with Crippen molar-refractivity contribution in [2.24, 2.45) is 0 Å². The van der Waals surface area contributed by atoms with Gasteiger partial charge in [-0.15, -0.1) is 0 Å². The lowest BCUT2D eigenvalue weighted by molar-refractivity contribution is -0.139. The van der Waals surface area contributed by atoms with Gasteiger partial charge in [-0.05, 0) is 48.9 Å². The largest absolute Gasteiger partial charge is 0.357 e. The molecule has 1 atom stereocenters. The van der Waals surface area contributed by atoms with Crippen molar-refractivity contribution < 1.29 is 18.0 Å². The lowest BCUT2D eigenvalue weighted by atomic mass is 10.1. The molecule has 0 heterocycles. The Bertz CT molecular complexity index is 998. The number of rotatable bonds is 8. The Hall–Kier alpha value is -2.10. The number of benzene rings is 2. The summed E-state index contributed by atoms with van der Waals surface area (Å²) in [6, 6.07) is 12.7. The number of hydrogen-bond donors (Lipinski definition) is 1. The summed E-state index contributed by atoms with van der Waals surface area (Å²) >= 11 is 9.23. The van der Waals surface area contributed by atoms with E-state index in [0.29, 0.717) is 10.7 Å². The van der Waals surface area contributed by atoms with Gasteiger partial charge in [0.1, 0.15) is 12.6 Å². The average Bonchev–Trinajstić information content (AvgIpc) is 2.70. The van der Waals surface area contributed by atoms with Crippen LogP contribution >= 0.6 is 27.5 Å². The van der Waals surface area contributed by atoms with E-state index in [2.05, 4.69) is 21.2 Å². The van der Waals surface area contributed by atoms with E-state index in [0.717, 1.165) is 20.6 Å². The summed E-state index contributed by atoms with van der Waals surface area (Å²) in [5.74, 6) is -0.860. The van der Waals surface area contributed by atoms with Crippen molar-refractivity contribution in [2.45, 2.75) is 19.5 Å². The zero-order valence-electron chi connectivity index (χ0n) is 16.8. The molecule has 0 spiro atoms. The van der Waals surface area contributed by atoms with Crippen LogP contribution in [0.1, 0.15) is 12.5 Å². The van der Waals surface area contributed by atoms with Gasteiger partial charge >= 0.3 is 0 Å². The molecule has 2 amide bonds. The third-order valence-corrected chi connectivity index (χ3v) is 6.39. The maximum Gasteiger partial charge on any atom is 0.244 e. The second-order valence-electron chi connectivity index (χ2n) is 6.68. The van der Waals surface area contributed by atoms with Crippen molar-refractivity contribution in [1.29, 1.82) is 0 Å². The number of carbonyl (C=O) groups is 2. The van der Waals surface area contributed by atoms with Crippen LogP contribution < -0.4 is 9.62 Å². The predicted molar refractivity (Wildman–Crippen MR) is 122 cm³/mol. The van der Waals surface area contributed by atoms with Crippen molar-refractivity contribution in [1.82, 2.24) is 10.2 Å². The van der Waals surface area contributed by atoms with Crippen LogP contribution in [-0.2, 0) is 26.2 Å². The van der Waals surface area contributed by atoms with Crippen molar-refractivity contribution in [3.05, 3.63) is 63.6 Å². The van der Waals surface area contributed by atoms with E-state index in [1.165, 1.54) is 11.9 Å². The van der Waals surface area contributed by atoms with Gasteiger partial charge in [-0.1, -0.05) is 39.7 Å². The second-order valence-corrected chi connectivity index (χ2v) is 9.94. The van der Waals surface area contributed by atoms with E-state index in [1.807, 2.05) is 0 Å². The molecule has 0 saturated heterocycles. The first-order chi connectivity index (χ1) is 14.0. The van der Waals surface area contributed by atoms with Gasteiger partial charge in [0.05, 0.1) is 11.9 Å². The molecule has 0 aliphatic carbocycles. The summed E-state index contributed by atoms with van der Waals surface area (Å²) in [4.78, 5) is 26.8. The third kappa shape index (κ3) is 6.45. The van der Waals surface area contributed by atoms with Crippen LogP contribution in [0.4, 0.5) is 5.69 Å². The van der Waals surface area contributed by atoms with Crippen LogP contribution in [0.15, 0.2) is 53.0 Å². The first-order valence-corrected chi connectivity index (χ1v) is 12.0. The lowest BCUT2D eigenvalue weighted by Gasteiger charge is -2.31. The van der Waals surface area contributed by atoms with Gasteiger partial charge in [0.15, 0.2) is 0 Å². The van der Waals surface area contributed by atoms with Gasteiger partial charge in [0.2, 0.25) is 21.8 Å². The molecular weight excluding hydrogens is 494 g/mol. The molecule has 0 aliphatic rings. The fraction of sp³-hybridized carbons (Fsp3) is 0.300. The summed E-state index contributed by atoms with van der Waals surface area (Å²) in [6.07, 6.45) is 1.04. The van der Waals surface area contributed by atoms with Gasteiger partial charge in [-0.3, -0.25) is 13.9 Å². The second kappa shape index (κ2) is 10.3. The molecule has 0 unspecified atom stereocenters. The molecule has 2 aromatic carbocycles. The number of nitrogens with one attached hydrogen (secondary N) is 1. The Morgan fingerprint density at radius 2 is 1.67 bits per heavy atom. The summed E-state index contributed by atoms with van der Waals surface area (Å²) < 4.78 is 26.6. The zero-order valence-corrected chi connectivity index (χ0v) is 20.0. The number of hydrogen-bond acceptors (Lipinski definition) is 4. The number of sulfonamides is 1.